The molecular formula is C9H15N3O3. The van der Waals surface area contributed by atoms with E-state index in [0.29, 0.717) is 18.2 Å². The monoisotopic (exact) mass is 213 g/mol. The molecule has 0 bridgehead atoms. The van der Waals surface area contributed by atoms with Gasteiger partial charge in [0, 0.05) is 13.7 Å². The minimum absolute atomic E-state index is 0.0301. The lowest BCUT2D eigenvalue weighted by molar-refractivity contribution is 0.0684. The summed E-state index contributed by atoms with van der Waals surface area (Å²) in [4.78, 5) is 10.8. The number of ether oxygens (including phenoxy) is 1. The van der Waals surface area contributed by atoms with E-state index in [2.05, 4.69) is 10.3 Å². The average molecular weight is 213 g/mol. The summed E-state index contributed by atoms with van der Waals surface area (Å²) < 4.78 is 6.52. The van der Waals surface area contributed by atoms with Crippen LogP contribution in [0.1, 0.15) is 30.0 Å². The predicted octanol–water partition coefficient (Wildman–Crippen LogP) is 0.779. The van der Waals surface area contributed by atoms with Gasteiger partial charge in [0.05, 0.1) is 12.3 Å². The zero-order chi connectivity index (χ0) is 11.4. The third-order valence-corrected chi connectivity index (χ3v) is 1.86. The summed E-state index contributed by atoms with van der Waals surface area (Å²) >= 11 is 0. The van der Waals surface area contributed by atoms with Crippen LogP contribution in [-0.4, -0.2) is 33.2 Å². The van der Waals surface area contributed by atoms with Gasteiger partial charge in [0.1, 0.15) is 0 Å². The highest BCUT2D eigenvalue weighted by atomic mass is 16.5. The number of carbonyl (C=O) groups is 1. The Bertz CT molecular complexity index is 346. The van der Waals surface area contributed by atoms with Gasteiger partial charge in [0.25, 0.3) is 0 Å². The summed E-state index contributed by atoms with van der Waals surface area (Å²) in [6.07, 6.45) is 0. The van der Waals surface area contributed by atoms with Crippen LogP contribution < -0.4 is 0 Å². The van der Waals surface area contributed by atoms with Gasteiger partial charge < -0.3 is 9.84 Å². The van der Waals surface area contributed by atoms with Crippen molar-refractivity contribution >= 4 is 5.97 Å². The Labute approximate surface area is 87.9 Å². The average Bonchev–Trinajstić information content (AvgIpc) is 2.48. The normalized spacial score (nSPS) is 10.9. The molecule has 1 aromatic heterocycles. The van der Waals surface area contributed by atoms with Crippen molar-refractivity contribution in [3.05, 3.63) is 11.4 Å². The first-order valence-corrected chi connectivity index (χ1v) is 4.70. The maximum atomic E-state index is 10.8. The van der Waals surface area contributed by atoms with E-state index in [1.54, 1.807) is 4.68 Å². The van der Waals surface area contributed by atoms with E-state index < -0.39 is 5.97 Å². The molecule has 1 heterocycles. The second kappa shape index (κ2) is 4.88. The molecule has 1 rings (SSSR count). The third-order valence-electron chi connectivity index (χ3n) is 1.86. The quantitative estimate of drug-likeness (QED) is 0.782. The first-order chi connectivity index (χ1) is 7.06. The molecule has 0 spiro atoms. The van der Waals surface area contributed by atoms with Crippen LogP contribution in [0.3, 0.4) is 0 Å². The van der Waals surface area contributed by atoms with Crippen LogP contribution in [-0.2, 0) is 17.9 Å². The molecule has 84 valence electrons. The molecule has 0 aliphatic heterocycles. The summed E-state index contributed by atoms with van der Waals surface area (Å²) in [5.74, 6) is -0.694. The first kappa shape index (κ1) is 11.6. The van der Waals surface area contributed by atoms with Gasteiger partial charge in [-0.05, 0) is 5.92 Å². The molecule has 0 saturated carbocycles. The largest absolute Gasteiger partial charge is 0.476 e. The Morgan fingerprint density at radius 3 is 2.73 bits per heavy atom. The van der Waals surface area contributed by atoms with Crippen LogP contribution in [0.2, 0.25) is 0 Å². The Morgan fingerprint density at radius 1 is 1.60 bits per heavy atom. The molecule has 0 atom stereocenters. The highest BCUT2D eigenvalue weighted by molar-refractivity contribution is 5.86. The van der Waals surface area contributed by atoms with Crippen LogP contribution >= 0.6 is 0 Å². The van der Waals surface area contributed by atoms with Gasteiger partial charge in [-0.2, -0.15) is 0 Å². The van der Waals surface area contributed by atoms with E-state index in [9.17, 15) is 4.79 Å². The lowest BCUT2D eigenvalue weighted by atomic mass is 10.2. The zero-order valence-corrected chi connectivity index (χ0v) is 9.10. The maximum absolute atomic E-state index is 10.8. The van der Waals surface area contributed by atoms with Gasteiger partial charge in [-0.15, -0.1) is 5.10 Å². The number of methoxy groups -OCH3 is 1. The van der Waals surface area contributed by atoms with Crippen molar-refractivity contribution in [1.29, 1.82) is 0 Å². The zero-order valence-electron chi connectivity index (χ0n) is 9.10. The molecule has 0 radical (unpaired) electrons. The minimum atomic E-state index is -1.07. The SMILES string of the molecule is COCc1c(C(=O)O)nnn1CC(C)C. The fraction of sp³-hybridized carbons (Fsp3) is 0.667. The van der Waals surface area contributed by atoms with E-state index in [1.165, 1.54) is 7.11 Å². The standard InChI is InChI=1S/C9H15N3O3/c1-6(2)4-12-7(5-15-3)8(9(13)14)10-11-12/h6H,4-5H2,1-3H3,(H,13,14). The van der Waals surface area contributed by atoms with Gasteiger partial charge >= 0.3 is 5.97 Å². The van der Waals surface area contributed by atoms with E-state index in [1.807, 2.05) is 13.8 Å². The fourth-order valence-corrected chi connectivity index (χ4v) is 1.27. The Morgan fingerprint density at radius 2 is 2.27 bits per heavy atom. The minimum Gasteiger partial charge on any atom is -0.476 e. The fourth-order valence-electron chi connectivity index (χ4n) is 1.27. The number of carboxylic acids is 1. The molecule has 0 aliphatic rings. The van der Waals surface area contributed by atoms with Crippen molar-refractivity contribution in [2.75, 3.05) is 7.11 Å². The highest BCUT2D eigenvalue weighted by Crippen LogP contribution is 2.09. The number of nitrogens with zero attached hydrogens (tertiary/aromatic N) is 3. The number of aromatic nitrogens is 3. The van der Waals surface area contributed by atoms with E-state index in [0.717, 1.165) is 0 Å². The number of hydrogen-bond donors (Lipinski definition) is 1. The molecular weight excluding hydrogens is 198 g/mol. The molecule has 1 aromatic rings. The second-order valence-electron chi connectivity index (χ2n) is 3.70. The molecule has 0 aliphatic carbocycles. The third kappa shape index (κ3) is 2.76. The molecule has 0 saturated heterocycles. The van der Waals surface area contributed by atoms with Crippen LogP contribution in [0.4, 0.5) is 0 Å². The summed E-state index contributed by atoms with van der Waals surface area (Å²) in [6, 6.07) is 0. The van der Waals surface area contributed by atoms with E-state index in [-0.39, 0.29) is 12.3 Å². The lowest BCUT2D eigenvalue weighted by Crippen LogP contribution is -2.12. The van der Waals surface area contributed by atoms with Gasteiger partial charge in [0.2, 0.25) is 0 Å². The highest BCUT2D eigenvalue weighted by Gasteiger charge is 2.18. The molecule has 1 N–H and O–H groups in total. The van der Waals surface area contributed by atoms with Crippen molar-refractivity contribution in [1.82, 2.24) is 15.0 Å². The topological polar surface area (TPSA) is 77.2 Å². The van der Waals surface area contributed by atoms with Crippen LogP contribution in [0.25, 0.3) is 0 Å². The number of rotatable bonds is 5. The predicted molar refractivity (Wildman–Crippen MR) is 52.5 cm³/mol. The summed E-state index contributed by atoms with van der Waals surface area (Å²) in [7, 11) is 1.51. The Kier molecular flexibility index (Phi) is 3.79. The number of carboxylic acid groups (broad SMARTS) is 1. The summed E-state index contributed by atoms with van der Waals surface area (Å²) in [5, 5.41) is 16.3. The van der Waals surface area contributed by atoms with E-state index in [4.69, 9.17) is 9.84 Å². The van der Waals surface area contributed by atoms with Crippen LogP contribution in [0.5, 0.6) is 0 Å². The van der Waals surface area contributed by atoms with Crippen molar-refractivity contribution in [3.8, 4) is 0 Å². The number of hydrogen-bond acceptors (Lipinski definition) is 4. The van der Waals surface area contributed by atoms with Crippen molar-refractivity contribution < 1.29 is 14.6 Å². The van der Waals surface area contributed by atoms with Gasteiger partial charge in [-0.25, -0.2) is 9.48 Å². The number of aromatic carboxylic acids is 1. The van der Waals surface area contributed by atoms with Gasteiger partial charge in [0.15, 0.2) is 5.69 Å². The molecule has 0 unspecified atom stereocenters. The Balaban J connectivity index is 3.00. The molecule has 0 fully saturated rings. The maximum Gasteiger partial charge on any atom is 0.358 e. The van der Waals surface area contributed by atoms with Gasteiger partial charge in [-0.3, -0.25) is 0 Å². The molecule has 0 amide bonds. The summed E-state index contributed by atoms with van der Waals surface area (Å²) in [5.41, 5.74) is 0.483. The molecule has 6 nitrogen and oxygen atoms in total. The Hall–Kier alpha value is -1.43. The first-order valence-electron chi connectivity index (χ1n) is 4.70. The van der Waals surface area contributed by atoms with Crippen LogP contribution in [0.15, 0.2) is 0 Å². The van der Waals surface area contributed by atoms with Crippen molar-refractivity contribution in [3.63, 3.8) is 0 Å². The van der Waals surface area contributed by atoms with Gasteiger partial charge in [-0.1, -0.05) is 19.1 Å². The molecule has 15 heavy (non-hydrogen) atoms. The van der Waals surface area contributed by atoms with Crippen molar-refractivity contribution in [2.45, 2.75) is 27.0 Å². The van der Waals surface area contributed by atoms with Crippen molar-refractivity contribution in [2.24, 2.45) is 5.92 Å². The molecule has 0 aromatic carbocycles. The second-order valence-corrected chi connectivity index (χ2v) is 3.70. The van der Waals surface area contributed by atoms with Crippen LogP contribution in [0, 0.1) is 5.92 Å². The lowest BCUT2D eigenvalue weighted by Gasteiger charge is -2.08. The smallest absolute Gasteiger partial charge is 0.358 e. The molecule has 6 heteroatoms. The van der Waals surface area contributed by atoms with E-state index >= 15 is 0 Å². The summed E-state index contributed by atoms with van der Waals surface area (Å²) in [6.45, 7) is 4.90.